The second kappa shape index (κ2) is 14.0. The molecule has 0 radical (unpaired) electrons. The van der Waals surface area contributed by atoms with Gasteiger partial charge in [-0.3, -0.25) is 19.7 Å². The van der Waals surface area contributed by atoms with Crippen molar-refractivity contribution in [2.75, 3.05) is 64.2 Å². The second-order valence-electron chi connectivity index (χ2n) is 14.5. The number of aromatic amines is 1. The molecule has 3 aromatic rings. The number of ether oxygens (including phenoxy) is 1. The average Bonchev–Trinajstić information content (AvgIpc) is 3.91. The van der Waals surface area contributed by atoms with Gasteiger partial charge < -0.3 is 24.8 Å². The van der Waals surface area contributed by atoms with Crippen LogP contribution in [0.2, 0.25) is 0 Å². The number of piperazine rings is 1. The lowest BCUT2D eigenvalue weighted by molar-refractivity contribution is -0.142. The van der Waals surface area contributed by atoms with Crippen LogP contribution in [0.4, 0.5) is 15.3 Å². The van der Waals surface area contributed by atoms with Crippen LogP contribution in [0, 0.1) is 0 Å². The molecule has 49 heavy (non-hydrogen) atoms. The van der Waals surface area contributed by atoms with Crippen molar-refractivity contribution in [2.45, 2.75) is 75.6 Å². The smallest absolute Gasteiger partial charge is 0.410 e. The van der Waals surface area contributed by atoms with E-state index in [0.717, 1.165) is 79.2 Å². The summed E-state index contributed by atoms with van der Waals surface area (Å²) < 4.78 is 6.11. The minimum absolute atomic E-state index is 0.0375. The van der Waals surface area contributed by atoms with E-state index in [1.165, 1.54) is 12.8 Å². The van der Waals surface area contributed by atoms with Crippen molar-refractivity contribution in [1.29, 1.82) is 0 Å². The van der Waals surface area contributed by atoms with E-state index in [2.05, 4.69) is 31.4 Å². The van der Waals surface area contributed by atoms with Gasteiger partial charge in [-0.05, 0) is 74.3 Å². The van der Waals surface area contributed by atoms with Gasteiger partial charge in [-0.25, -0.2) is 9.59 Å². The zero-order chi connectivity index (χ0) is 33.3. The molecule has 5 heterocycles. The summed E-state index contributed by atoms with van der Waals surface area (Å²) in [5.41, 5.74) is 3.86. The Kier molecular flexibility index (Phi) is 9.15. The minimum atomic E-state index is -0.914. The Bertz CT molecular complexity index is 1650. The van der Waals surface area contributed by atoms with Crippen molar-refractivity contribution in [3.05, 3.63) is 59.8 Å². The monoisotopic (exact) mass is 668 g/mol. The zero-order valence-corrected chi connectivity index (χ0v) is 28.3. The van der Waals surface area contributed by atoms with Gasteiger partial charge in [0, 0.05) is 94.5 Å². The van der Waals surface area contributed by atoms with Crippen LogP contribution in [0.1, 0.15) is 49.7 Å². The molecular weight excluding hydrogens is 620 g/mol. The van der Waals surface area contributed by atoms with Crippen molar-refractivity contribution in [2.24, 2.45) is 0 Å². The molecule has 8 rings (SSSR count). The largest absolute Gasteiger partial charge is 0.436 e. The molecule has 2 N–H and O–H groups in total. The molecule has 1 aliphatic carbocycles. The molecule has 2 aromatic carbocycles. The number of aromatic nitrogens is 2. The van der Waals surface area contributed by atoms with Crippen LogP contribution in [-0.2, 0) is 22.4 Å². The molecule has 1 atom stereocenters. The predicted octanol–water partition coefficient (Wildman–Crippen LogP) is 3.94. The Morgan fingerprint density at radius 1 is 0.796 bits per heavy atom. The fraction of sp³-hybridized carbons (Fsp3) is 0.568. The summed E-state index contributed by atoms with van der Waals surface area (Å²) in [4.78, 5) is 51.7. The number of amides is 4. The van der Waals surface area contributed by atoms with Crippen molar-refractivity contribution in [3.63, 3.8) is 0 Å². The van der Waals surface area contributed by atoms with E-state index in [9.17, 15) is 14.4 Å². The molecule has 0 bridgehead atoms. The summed E-state index contributed by atoms with van der Waals surface area (Å²) >= 11 is 0. The summed E-state index contributed by atoms with van der Waals surface area (Å²) in [6.45, 7) is 7.46. The Balaban J connectivity index is 0.888. The van der Waals surface area contributed by atoms with E-state index >= 15 is 0 Å². The SMILES string of the molecule is O=C(OC(Cc1ccc2[nH]ncc2c1)C(=O)N1CCC(N2CCN(C3CC3)CC2)CC1)N1CCC(N2CCc3ccccc3NC2=O)CC1. The molecule has 3 saturated heterocycles. The molecule has 12 nitrogen and oxygen atoms in total. The number of urea groups is 1. The Hall–Kier alpha value is -4.16. The maximum absolute atomic E-state index is 14.1. The highest BCUT2D eigenvalue weighted by Gasteiger charge is 2.37. The van der Waals surface area contributed by atoms with Gasteiger partial charge >= 0.3 is 12.1 Å². The summed E-state index contributed by atoms with van der Waals surface area (Å²) in [5.74, 6) is -0.117. The third-order valence-electron chi connectivity index (χ3n) is 11.5. The molecule has 260 valence electrons. The molecule has 0 spiro atoms. The fourth-order valence-electron chi connectivity index (χ4n) is 8.37. The highest BCUT2D eigenvalue weighted by Crippen LogP contribution is 2.29. The molecule has 1 unspecified atom stereocenters. The van der Waals surface area contributed by atoms with Crippen LogP contribution in [0.3, 0.4) is 0 Å². The number of nitrogens with zero attached hydrogens (tertiary/aromatic N) is 6. The molecule has 4 aliphatic heterocycles. The average molecular weight is 669 g/mol. The van der Waals surface area contributed by atoms with E-state index < -0.39 is 12.2 Å². The first-order valence-electron chi connectivity index (χ1n) is 18.3. The van der Waals surface area contributed by atoms with Crippen LogP contribution in [0.25, 0.3) is 10.9 Å². The number of carbonyl (C=O) groups is 3. The molecule has 1 aromatic heterocycles. The van der Waals surface area contributed by atoms with Crippen LogP contribution in [0.5, 0.6) is 0 Å². The van der Waals surface area contributed by atoms with Crippen LogP contribution in [-0.4, -0.2) is 136 Å². The van der Waals surface area contributed by atoms with Crippen molar-refractivity contribution < 1.29 is 19.1 Å². The van der Waals surface area contributed by atoms with Gasteiger partial charge in [0.25, 0.3) is 5.91 Å². The Morgan fingerprint density at radius 2 is 1.47 bits per heavy atom. The number of para-hydroxylation sites is 1. The van der Waals surface area contributed by atoms with Crippen LogP contribution < -0.4 is 5.32 Å². The third-order valence-corrected chi connectivity index (χ3v) is 11.5. The topological polar surface area (TPSA) is 117 Å². The molecule has 5 aliphatic rings. The van der Waals surface area contributed by atoms with Gasteiger partial charge in [0.2, 0.25) is 0 Å². The minimum Gasteiger partial charge on any atom is -0.436 e. The lowest BCUT2D eigenvalue weighted by Crippen LogP contribution is -2.55. The van der Waals surface area contributed by atoms with E-state index in [0.29, 0.717) is 58.0 Å². The zero-order valence-electron chi connectivity index (χ0n) is 28.3. The van der Waals surface area contributed by atoms with E-state index in [4.69, 9.17) is 4.74 Å². The third kappa shape index (κ3) is 7.12. The lowest BCUT2D eigenvalue weighted by Gasteiger charge is -2.43. The van der Waals surface area contributed by atoms with E-state index in [1.54, 1.807) is 11.1 Å². The van der Waals surface area contributed by atoms with Crippen molar-refractivity contribution in [1.82, 2.24) is 34.7 Å². The van der Waals surface area contributed by atoms with Crippen molar-refractivity contribution >= 4 is 34.6 Å². The number of rotatable bonds is 7. The maximum atomic E-state index is 14.1. The predicted molar refractivity (Wildman–Crippen MR) is 186 cm³/mol. The lowest BCUT2D eigenvalue weighted by atomic mass is 10.00. The number of fused-ring (bicyclic) bond motifs is 2. The van der Waals surface area contributed by atoms with Crippen LogP contribution in [0.15, 0.2) is 48.7 Å². The quantitative estimate of drug-likeness (QED) is 0.392. The first kappa shape index (κ1) is 32.1. The number of anilines is 1. The number of H-pyrrole nitrogens is 1. The Morgan fingerprint density at radius 3 is 2.20 bits per heavy atom. The number of hydrogen-bond donors (Lipinski definition) is 2. The normalized spacial score (nSPS) is 22.4. The summed E-state index contributed by atoms with van der Waals surface area (Å²) in [6.07, 6.45) is 7.41. The van der Waals surface area contributed by atoms with Gasteiger partial charge in [0.05, 0.1) is 11.7 Å². The van der Waals surface area contributed by atoms with Gasteiger partial charge in [0.1, 0.15) is 0 Å². The number of benzene rings is 2. The molecule has 1 saturated carbocycles. The Labute approximate surface area is 287 Å². The van der Waals surface area contributed by atoms with Gasteiger partial charge in [-0.15, -0.1) is 0 Å². The molecule has 4 fully saturated rings. The second-order valence-corrected chi connectivity index (χ2v) is 14.5. The first-order valence-corrected chi connectivity index (χ1v) is 18.3. The highest BCUT2D eigenvalue weighted by atomic mass is 16.6. The summed E-state index contributed by atoms with van der Waals surface area (Å²) in [5, 5.41) is 11.1. The number of nitrogens with one attached hydrogen (secondary N) is 2. The van der Waals surface area contributed by atoms with Gasteiger partial charge in [-0.2, -0.15) is 5.10 Å². The van der Waals surface area contributed by atoms with Gasteiger partial charge in [0.15, 0.2) is 6.10 Å². The summed E-state index contributed by atoms with van der Waals surface area (Å²) in [7, 11) is 0. The van der Waals surface area contributed by atoms with Crippen molar-refractivity contribution in [3.8, 4) is 0 Å². The molecule has 12 heteroatoms. The van der Waals surface area contributed by atoms with Crippen LogP contribution >= 0.6 is 0 Å². The highest BCUT2D eigenvalue weighted by molar-refractivity contribution is 5.91. The van der Waals surface area contributed by atoms with E-state index in [-0.39, 0.29) is 18.0 Å². The number of hydrogen-bond acceptors (Lipinski definition) is 7. The first-order chi connectivity index (χ1) is 24.0. The number of piperidine rings is 2. The standard InChI is InChI=1S/C37H48N8O4/c46-35(43-14-10-30(11-15-43)42-21-19-41(20-22-42)29-6-7-29)34(24-26-5-8-33-28(23-26)25-38-40-33)49-37(48)44-16-12-31(13-17-44)45-18-9-27-3-1-2-4-32(27)39-36(45)47/h1-5,8,23,25,29-31,34H,6-7,9-22,24H2,(H,38,40)(H,39,47). The summed E-state index contributed by atoms with van der Waals surface area (Å²) in [6, 6.07) is 15.1. The molecular formula is C37H48N8O4. The maximum Gasteiger partial charge on any atom is 0.410 e. The molecule has 4 amide bonds. The van der Waals surface area contributed by atoms with Gasteiger partial charge in [-0.1, -0.05) is 24.3 Å². The number of likely N-dealkylation sites (tertiary alicyclic amines) is 2. The number of carbonyl (C=O) groups excluding carboxylic acids is 3. The fourth-order valence-corrected chi connectivity index (χ4v) is 8.37. The van der Waals surface area contributed by atoms with E-state index in [1.807, 2.05) is 46.2 Å².